The van der Waals surface area contributed by atoms with E-state index in [1.54, 1.807) is 0 Å². The maximum atomic E-state index is 3.80. The molecule has 2 heterocycles. The molecule has 1 N–H and O–H groups in total. The molecule has 2 rings (SSSR count). The quantitative estimate of drug-likeness (QED) is 0.826. The molecule has 1 saturated heterocycles. The maximum Gasteiger partial charge on any atom is 0.0376 e. The van der Waals surface area contributed by atoms with E-state index in [0.717, 1.165) is 19.5 Å². The van der Waals surface area contributed by atoms with E-state index in [2.05, 4.69) is 63.5 Å². The first-order valence-electron chi connectivity index (χ1n) is 7.95. The van der Waals surface area contributed by atoms with E-state index in [9.17, 15) is 0 Å². The summed E-state index contributed by atoms with van der Waals surface area (Å²) >= 11 is 5.44. The summed E-state index contributed by atoms with van der Waals surface area (Å²) in [7, 11) is 4.54. The first-order valence-corrected chi connectivity index (χ1v) is 9.62. The number of nitrogens with zero attached hydrogens (tertiary/aromatic N) is 2. The van der Waals surface area contributed by atoms with Crippen molar-refractivity contribution in [2.24, 2.45) is 0 Å². The molecule has 0 saturated carbocycles. The molecule has 1 aromatic heterocycles. The highest BCUT2D eigenvalue weighted by atomic mass is 79.9. The molecule has 2 unspecified atom stereocenters. The van der Waals surface area contributed by atoms with Crippen molar-refractivity contribution in [3.8, 4) is 0 Å². The summed E-state index contributed by atoms with van der Waals surface area (Å²) in [6.45, 7) is 6.92. The lowest BCUT2D eigenvalue weighted by Crippen LogP contribution is -2.53. The van der Waals surface area contributed by atoms with E-state index < -0.39 is 0 Å². The molecule has 1 aliphatic heterocycles. The minimum Gasteiger partial charge on any atom is -0.312 e. The predicted molar refractivity (Wildman–Crippen MR) is 96.3 cm³/mol. The second-order valence-electron chi connectivity index (χ2n) is 6.16. The fraction of sp³-hybridized carbons (Fsp3) is 0.750. The zero-order valence-electron chi connectivity index (χ0n) is 13.4. The molecule has 0 radical (unpaired) electrons. The number of likely N-dealkylation sites (N-methyl/N-ethyl adjacent to an activating group) is 2. The molecule has 21 heavy (non-hydrogen) atoms. The van der Waals surface area contributed by atoms with Crippen LogP contribution in [0.2, 0.25) is 0 Å². The van der Waals surface area contributed by atoms with Gasteiger partial charge in [0.1, 0.15) is 0 Å². The lowest BCUT2D eigenvalue weighted by atomic mass is 10.0. The van der Waals surface area contributed by atoms with Crippen molar-refractivity contribution in [3.05, 3.63) is 20.8 Å². The zero-order chi connectivity index (χ0) is 15.2. The Kier molecular flexibility index (Phi) is 7.16. The van der Waals surface area contributed by atoms with Crippen molar-refractivity contribution in [1.29, 1.82) is 0 Å². The molecule has 0 spiro atoms. The van der Waals surface area contributed by atoms with E-state index in [0.29, 0.717) is 12.1 Å². The molecule has 5 heteroatoms. The smallest absolute Gasteiger partial charge is 0.0376 e. The van der Waals surface area contributed by atoms with Gasteiger partial charge in [-0.15, -0.1) is 11.3 Å². The molecule has 1 fully saturated rings. The van der Waals surface area contributed by atoms with Gasteiger partial charge in [-0.2, -0.15) is 0 Å². The van der Waals surface area contributed by atoms with Crippen LogP contribution in [0.4, 0.5) is 0 Å². The van der Waals surface area contributed by atoms with Crippen LogP contribution in [0.25, 0.3) is 0 Å². The second-order valence-corrected chi connectivity index (χ2v) is 8.07. The van der Waals surface area contributed by atoms with Crippen molar-refractivity contribution in [2.75, 3.05) is 40.3 Å². The van der Waals surface area contributed by atoms with Crippen LogP contribution in [0.5, 0.6) is 0 Å². The highest BCUT2D eigenvalue weighted by Gasteiger charge is 2.28. The van der Waals surface area contributed by atoms with Gasteiger partial charge in [-0.25, -0.2) is 0 Å². The van der Waals surface area contributed by atoms with Gasteiger partial charge in [-0.3, -0.25) is 0 Å². The van der Waals surface area contributed by atoms with E-state index in [1.165, 1.54) is 35.3 Å². The largest absolute Gasteiger partial charge is 0.312 e. The third-order valence-corrected chi connectivity index (χ3v) is 6.00. The lowest BCUT2D eigenvalue weighted by molar-refractivity contribution is 0.177. The topological polar surface area (TPSA) is 18.5 Å². The fourth-order valence-corrected chi connectivity index (χ4v) is 4.60. The van der Waals surface area contributed by atoms with Gasteiger partial charge in [0, 0.05) is 33.4 Å². The van der Waals surface area contributed by atoms with Crippen molar-refractivity contribution >= 4 is 27.3 Å². The van der Waals surface area contributed by atoms with E-state index in [-0.39, 0.29) is 0 Å². The zero-order valence-corrected chi connectivity index (χ0v) is 15.8. The van der Waals surface area contributed by atoms with Gasteiger partial charge < -0.3 is 15.1 Å². The van der Waals surface area contributed by atoms with Crippen molar-refractivity contribution in [2.45, 2.75) is 38.3 Å². The monoisotopic (exact) mass is 373 g/mol. The van der Waals surface area contributed by atoms with Crippen molar-refractivity contribution < 1.29 is 0 Å². The van der Waals surface area contributed by atoms with Crippen LogP contribution in [0.3, 0.4) is 0 Å². The second kappa shape index (κ2) is 8.63. The van der Waals surface area contributed by atoms with Crippen LogP contribution in [-0.4, -0.2) is 62.2 Å². The van der Waals surface area contributed by atoms with Crippen LogP contribution >= 0.6 is 27.3 Å². The first-order chi connectivity index (χ1) is 10.1. The predicted octanol–water partition coefficient (Wildman–Crippen LogP) is 3.06. The molecule has 3 nitrogen and oxygen atoms in total. The number of nitrogens with one attached hydrogen (secondary N) is 1. The van der Waals surface area contributed by atoms with Crippen LogP contribution in [0, 0.1) is 0 Å². The third kappa shape index (κ3) is 5.32. The average molecular weight is 374 g/mol. The number of rotatable bonds is 6. The van der Waals surface area contributed by atoms with Crippen LogP contribution < -0.4 is 5.32 Å². The lowest BCUT2D eigenvalue weighted by Gasteiger charge is -2.35. The van der Waals surface area contributed by atoms with Gasteiger partial charge in [0.05, 0.1) is 0 Å². The van der Waals surface area contributed by atoms with Crippen LogP contribution in [-0.2, 0) is 6.42 Å². The van der Waals surface area contributed by atoms with Gasteiger partial charge in [0.15, 0.2) is 0 Å². The Bertz CT molecular complexity index is 423. The first kappa shape index (κ1) is 17.4. The average Bonchev–Trinajstić information content (AvgIpc) is 2.78. The Hall–Kier alpha value is 0.0600. The molecule has 0 amide bonds. The summed E-state index contributed by atoms with van der Waals surface area (Å²) < 4.78 is 1.21. The third-order valence-electron chi connectivity index (χ3n) is 4.28. The maximum absolute atomic E-state index is 3.80. The van der Waals surface area contributed by atoms with Gasteiger partial charge in [0.2, 0.25) is 0 Å². The number of halogens is 1. The minimum atomic E-state index is 0.529. The molecule has 2 atom stereocenters. The molecular formula is C16H28BrN3S. The van der Waals surface area contributed by atoms with E-state index in [1.807, 2.05) is 11.3 Å². The summed E-state index contributed by atoms with van der Waals surface area (Å²) in [5.41, 5.74) is 0. The summed E-state index contributed by atoms with van der Waals surface area (Å²) in [6.07, 6.45) is 3.59. The minimum absolute atomic E-state index is 0.529. The van der Waals surface area contributed by atoms with Gasteiger partial charge in [-0.05, 0) is 75.0 Å². The Morgan fingerprint density at radius 1 is 1.43 bits per heavy atom. The molecule has 0 aliphatic carbocycles. The van der Waals surface area contributed by atoms with Gasteiger partial charge in [-0.1, -0.05) is 6.92 Å². The summed E-state index contributed by atoms with van der Waals surface area (Å²) in [5, 5.41) is 5.99. The highest BCUT2D eigenvalue weighted by molar-refractivity contribution is 9.10. The SMILES string of the molecule is CCCNC(Cc1cc(Br)cs1)C1CN(C)CCCN1C. The van der Waals surface area contributed by atoms with Crippen LogP contribution in [0.1, 0.15) is 24.6 Å². The highest BCUT2D eigenvalue weighted by Crippen LogP contribution is 2.23. The Balaban J connectivity index is 2.08. The number of hydrogen-bond acceptors (Lipinski definition) is 4. The van der Waals surface area contributed by atoms with Crippen LogP contribution in [0.15, 0.2) is 15.9 Å². The summed E-state index contributed by atoms with van der Waals surface area (Å²) in [5.74, 6) is 0. The molecule has 1 aromatic rings. The summed E-state index contributed by atoms with van der Waals surface area (Å²) in [4.78, 5) is 6.51. The number of thiophene rings is 1. The summed E-state index contributed by atoms with van der Waals surface area (Å²) in [6, 6.07) is 3.39. The standard InChI is InChI=1S/C16H28BrN3S/c1-4-6-18-15(10-14-9-13(17)12-21-14)16-11-19(2)7-5-8-20(16)3/h9,12,15-16,18H,4-8,10-11H2,1-3H3. The normalized spacial score (nSPS) is 23.1. The van der Waals surface area contributed by atoms with Crippen molar-refractivity contribution in [1.82, 2.24) is 15.1 Å². The Morgan fingerprint density at radius 3 is 2.90 bits per heavy atom. The van der Waals surface area contributed by atoms with E-state index >= 15 is 0 Å². The Morgan fingerprint density at radius 2 is 2.24 bits per heavy atom. The molecular weight excluding hydrogens is 346 g/mol. The van der Waals surface area contributed by atoms with Crippen molar-refractivity contribution in [3.63, 3.8) is 0 Å². The van der Waals surface area contributed by atoms with Gasteiger partial charge >= 0.3 is 0 Å². The molecule has 120 valence electrons. The van der Waals surface area contributed by atoms with Gasteiger partial charge in [0.25, 0.3) is 0 Å². The fourth-order valence-electron chi connectivity index (χ4n) is 3.09. The van der Waals surface area contributed by atoms with E-state index in [4.69, 9.17) is 0 Å². The Labute approximate surface area is 141 Å². The number of hydrogen-bond donors (Lipinski definition) is 1. The molecule has 0 aromatic carbocycles. The molecule has 0 bridgehead atoms. The molecule has 1 aliphatic rings.